The van der Waals surface area contributed by atoms with E-state index in [2.05, 4.69) is 0 Å². The molecule has 2 aromatic rings. The van der Waals surface area contributed by atoms with Gasteiger partial charge in [0.25, 0.3) is 0 Å². The number of ether oxygens (including phenoxy) is 5. The van der Waals surface area contributed by atoms with Crippen LogP contribution in [0.4, 0.5) is 0 Å². The molecule has 33 heavy (non-hydrogen) atoms. The van der Waals surface area contributed by atoms with Crippen molar-refractivity contribution >= 4 is 26.8 Å². The van der Waals surface area contributed by atoms with Crippen molar-refractivity contribution in [2.75, 3.05) is 28.4 Å². The Labute approximate surface area is 188 Å². The predicted molar refractivity (Wildman–Crippen MR) is 114 cm³/mol. The number of carbonyl (C=O) groups excluding carboxylic acids is 1. The first kappa shape index (κ1) is 22.5. The fourth-order valence-electron chi connectivity index (χ4n) is 3.67. The third-order valence-electron chi connectivity index (χ3n) is 5.33. The van der Waals surface area contributed by atoms with Gasteiger partial charge in [0.2, 0.25) is 9.84 Å². The van der Waals surface area contributed by atoms with Crippen molar-refractivity contribution in [3.8, 4) is 11.5 Å². The second-order valence-corrected chi connectivity index (χ2v) is 8.98. The molecule has 0 bridgehead atoms. The Bertz CT molecular complexity index is 1390. The normalized spacial score (nSPS) is 20.1. The van der Waals surface area contributed by atoms with Gasteiger partial charge in [0.1, 0.15) is 34.7 Å². The average molecular weight is 476 g/mol. The number of fused-ring (bicyclic) bond motifs is 2. The fraction of sp³-hybridized carbons (Fsp3) is 0.273. The lowest BCUT2D eigenvalue weighted by Crippen LogP contribution is -2.36. The molecule has 0 radical (unpaired) electrons. The van der Waals surface area contributed by atoms with E-state index in [0.29, 0.717) is 17.3 Å². The summed E-state index contributed by atoms with van der Waals surface area (Å²) in [5.41, 5.74) is -1.09. The average Bonchev–Trinajstić information content (AvgIpc) is 2.81. The molecular formula is C22H20O10S. The summed E-state index contributed by atoms with van der Waals surface area (Å²) in [6.45, 7) is 0. The molecular weight excluding hydrogens is 456 g/mol. The van der Waals surface area contributed by atoms with Crippen molar-refractivity contribution in [1.29, 1.82) is 0 Å². The zero-order chi connectivity index (χ0) is 23.9. The van der Waals surface area contributed by atoms with Crippen LogP contribution < -0.4 is 15.1 Å². The predicted octanol–water partition coefficient (Wildman–Crippen LogP) is 2.08. The van der Waals surface area contributed by atoms with Crippen molar-refractivity contribution in [2.45, 2.75) is 11.0 Å². The van der Waals surface area contributed by atoms with Crippen LogP contribution in [0.15, 0.2) is 67.0 Å². The number of benzene rings is 1. The Morgan fingerprint density at radius 2 is 1.67 bits per heavy atom. The molecule has 1 aromatic carbocycles. The summed E-state index contributed by atoms with van der Waals surface area (Å²) >= 11 is 0. The van der Waals surface area contributed by atoms with Gasteiger partial charge in [-0.15, -0.1) is 0 Å². The van der Waals surface area contributed by atoms with Crippen LogP contribution in [-0.4, -0.2) is 48.9 Å². The minimum absolute atomic E-state index is 0.0597. The van der Waals surface area contributed by atoms with E-state index in [1.165, 1.54) is 52.7 Å². The number of sulfone groups is 1. The summed E-state index contributed by atoms with van der Waals surface area (Å²) in [4.78, 5) is 23.9. The number of rotatable bonds is 6. The standard InChI is InChI=1S/C22H20O10S/c1-27-11-5-15(29-3)13-9-19(21(23)31-17(13)7-11)33(25,26)20-10-14-16(30-4)6-12(28-2)8-18(14)32-22(20)24/h5-10,13,17H,1-4H3. The van der Waals surface area contributed by atoms with Crippen LogP contribution in [0.3, 0.4) is 0 Å². The molecule has 2 atom stereocenters. The van der Waals surface area contributed by atoms with Crippen LogP contribution in [0.2, 0.25) is 0 Å². The highest BCUT2D eigenvalue weighted by Gasteiger charge is 2.42. The molecule has 0 saturated heterocycles. The topological polar surface area (TPSA) is 128 Å². The second-order valence-electron chi connectivity index (χ2n) is 7.09. The maximum Gasteiger partial charge on any atom is 0.355 e. The van der Waals surface area contributed by atoms with Gasteiger partial charge < -0.3 is 28.1 Å². The van der Waals surface area contributed by atoms with E-state index >= 15 is 0 Å². The molecule has 174 valence electrons. The Balaban J connectivity index is 1.86. The van der Waals surface area contributed by atoms with E-state index in [0.717, 1.165) is 6.07 Å². The summed E-state index contributed by atoms with van der Waals surface area (Å²) in [7, 11) is 1.02. The van der Waals surface area contributed by atoms with E-state index in [9.17, 15) is 18.0 Å². The molecule has 11 heteroatoms. The molecule has 4 rings (SSSR count). The van der Waals surface area contributed by atoms with E-state index < -0.39 is 43.3 Å². The minimum atomic E-state index is -4.62. The zero-order valence-electron chi connectivity index (χ0n) is 18.1. The Morgan fingerprint density at radius 1 is 0.909 bits per heavy atom. The monoisotopic (exact) mass is 476 g/mol. The van der Waals surface area contributed by atoms with Crippen molar-refractivity contribution < 1.29 is 41.3 Å². The third-order valence-corrected chi connectivity index (χ3v) is 7.08. The van der Waals surface area contributed by atoms with Gasteiger partial charge in [-0.1, -0.05) is 0 Å². The molecule has 0 fully saturated rings. The molecule has 2 aliphatic rings. The molecule has 0 N–H and O–H groups in total. The van der Waals surface area contributed by atoms with Crippen LogP contribution in [-0.2, 0) is 28.8 Å². The molecule has 2 heterocycles. The van der Waals surface area contributed by atoms with Crippen molar-refractivity contribution in [1.82, 2.24) is 0 Å². The fourth-order valence-corrected chi connectivity index (χ4v) is 5.03. The lowest BCUT2D eigenvalue weighted by molar-refractivity contribution is -0.144. The highest BCUT2D eigenvalue weighted by Crippen LogP contribution is 2.37. The Hall–Kier alpha value is -3.73. The SMILES string of the molecule is COC1=CC2OC(=O)C(S(=O)(=O)c3cc4c(OC)cc(OC)cc4oc3=O)=CC2C(OC)=C1. The summed E-state index contributed by atoms with van der Waals surface area (Å²) < 4.78 is 58.2. The number of carbonyl (C=O) groups is 1. The summed E-state index contributed by atoms with van der Waals surface area (Å²) in [6.07, 6.45) is 3.47. The largest absolute Gasteiger partial charge is 0.500 e. The molecule has 0 saturated carbocycles. The Morgan fingerprint density at radius 3 is 2.30 bits per heavy atom. The summed E-state index contributed by atoms with van der Waals surface area (Å²) in [6, 6.07) is 4.03. The number of hydrogen-bond donors (Lipinski definition) is 0. The molecule has 0 amide bonds. The first-order chi connectivity index (χ1) is 15.7. The van der Waals surface area contributed by atoms with Gasteiger partial charge in [-0.2, -0.15) is 0 Å². The Kier molecular flexibility index (Phi) is 5.66. The number of methoxy groups -OCH3 is 4. The van der Waals surface area contributed by atoms with Crippen LogP contribution in [0.5, 0.6) is 11.5 Å². The van der Waals surface area contributed by atoms with Crippen LogP contribution in [0, 0.1) is 5.92 Å². The summed E-state index contributed by atoms with van der Waals surface area (Å²) in [5, 5.41) is 0.210. The van der Waals surface area contributed by atoms with Crippen LogP contribution in [0.25, 0.3) is 11.0 Å². The lowest BCUT2D eigenvalue weighted by Gasteiger charge is -2.31. The van der Waals surface area contributed by atoms with E-state index in [1.807, 2.05) is 0 Å². The van der Waals surface area contributed by atoms with Gasteiger partial charge >= 0.3 is 11.6 Å². The quantitative estimate of drug-likeness (QED) is 0.451. The van der Waals surface area contributed by atoms with E-state index in [1.54, 1.807) is 6.08 Å². The second kappa shape index (κ2) is 8.32. The van der Waals surface area contributed by atoms with Crippen molar-refractivity contribution in [3.05, 3.63) is 63.3 Å². The molecule has 2 unspecified atom stereocenters. The van der Waals surface area contributed by atoms with Gasteiger partial charge in [-0.05, 0) is 18.2 Å². The van der Waals surface area contributed by atoms with E-state index in [4.69, 9.17) is 28.1 Å². The molecule has 1 aliphatic heterocycles. The number of esters is 1. The molecule has 1 aliphatic carbocycles. The molecule has 0 spiro atoms. The van der Waals surface area contributed by atoms with Gasteiger partial charge in [-0.3, -0.25) is 0 Å². The highest BCUT2D eigenvalue weighted by molar-refractivity contribution is 7.96. The smallest absolute Gasteiger partial charge is 0.355 e. The van der Waals surface area contributed by atoms with Crippen molar-refractivity contribution in [3.63, 3.8) is 0 Å². The highest BCUT2D eigenvalue weighted by atomic mass is 32.2. The number of allylic oxidation sites excluding steroid dienone is 1. The molecule has 10 nitrogen and oxygen atoms in total. The van der Waals surface area contributed by atoms with E-state index in [-0.39, 0.29) is 16.7 Å². The van der Waals surface area contributed by atoms with Gasteiger partial charge in [-0.25, -0.2) is 18.0 Å². The number of hydrogen-bond acceptors (Lipinski definition) is 10. The lowest BCUT2D eigenvalue weighted by atomic mass is 9.92. The van der Waals surface area contributed by atoms with Crippen molar-refractivity contribution in [2.24, 2.45) is 5.92 Å². The van der Waals surface area contributed by atoms with Gasteiger partial charge in [0, 0.05) is 18.2 Å². The zero-order valence-corrected chi connectivity index (χ0v) is 18.9. The van der Waals surface area contributed by atoms with Gasteiger partial charge in [0.05, 0.1) is 39.7 Å². The third kappa shape index (κ3) is 3.74. The first-order valence-electron chi connectivity index (χ1n) is 9.62. The van der Waals surface area contributed by atoms with Crippen LogP contribution in [0.1, 0.15) is 0 Å². The maximum atomic E-state index is 13.4. The minimum Gasteiger partial charge on any atom is -0.500 e. The summed E-state index contributed by atoms with van der Waals surface area (Å²) in [5.74, 6) is -0.525. The first-order valence-corrected chi connectivity index (χ1v) is 11.1. The maximum absolute atomic E-state index is 13.4. The van der Waals surface area contributed by atoms with Crippen LogP contribution >= 0.6 is 0 Å². The molecule has 1 aromatic heterocycles. The van der Waals surface area contributed by atoms with Gasteiger partial charge in [0.15, 0.2) is 9.80 Å².